The fourth-order valence-corrected chi connectivity index (χ4v) is 2.62. The molecule has 1 heterocycles. The molecule has 3 unspecified atom stereocenters. The van der Waals surface area contributed by atoms with E-state index in [1.54, 1.807) is 0 Å². The van der Waals surface area contributed by atoms with Gasteiger partial charge < -0.3 is 19.7 Å². The van der Waals surface area contributed by atoms with Crippen LogP contribution in [0, 0.1) is 0 Å². The van der Waals surface area contributed by atoms with E-state index in [0.29, 0.717) is 19.4 Å². The molecule has 20 heavy (non-hydrogen) atoms. The summed E-state index contributed by atoms with van der Waals surface area (Å²) in [5.74, 6) is 0. The predicted octanol–water partition coefficient (Wildman–Crippen LogP) is 3.00. The highest BCUT2D eigenvalue weighted by atomic mass is 16.7. The highest BCUT2D eigenvalue weighted by Gasteiger charge is 2.28. The summed E-state index contributed by atoms with van der Waals surface area (Å²) in [6.07, 6.45) is 10.2. The molecule has 1 saturated heterocycles. The molecule has 0 aromatic heterocycles. The summed E-state index contributed by atoms with van der Waals surface area (Å²) in [5.41, 5.74) is 0. The second kappa shape index (κ2) is 11.5. The number of unbranched alkanes of at least 4 members (excludes halogenated alkanes) is 7. The van der Waals surface area contributed by atoms with Gasteiger partial charge in [-0.2, -0.15) is 0 Å². The maximum atomic E-state index is 9.65. The number of aliphatic hydroxyl groups is 2. The average molecular weight is 288 g/mol. The van der Waals surface area contributed by atoms with E-state index in [9.17, 15) is 5.11 Å². The average Bonchev–Trinajstić information content (AvgIpc) is 2.45. The first-order valence-electron chi connectivity index (χ1n) is 8.32. The molecule has 3 atom stereocenters. The van der Waals surface area contributed by atoms with Crippen molar-refractivity contribution in [1.29, 1.82) is 0 Å². The van der Waals surface area contributed by atoms with Crippen LogP contribution in [0.3, 0.4) is 0 Å². The van der Waals surface area contributed by atoms with Crippen LogP contribution in [-0.2, 0) is 9.47 Å². The molecule has 0 saturated carbocycles. The van der Waals surface area contributed by atoms with E-state index in [0.717, 1.165) is 6.42 Å². The normalized spacial score (nSPS) is 26.9. The molecule has 0 spiro atoms. The van der Waals surface area contributed by atoms with Crippen LogP contribution < -0.4 is 0 Å². The SMILES string of the molecule is CCCCCCCCCCOC1CC(O)CC(CO)O1. The van der Waals surface area contributed by atoms with Gasteiger partial charge in [0.2, 0.25) is 0 Å². The molecule has 4 heteroatoms. The molecule has 0 aromatic carbocycles. The Labute approximate surface area is 123 Å². The van der Waals surface area contributed by atoms with Crippen molar-refractivity contribution in [1.82, 2.24) is 0 Å². The number of aliphatic hydroxyl groups excluding tert-OH is 2. The van der Waals surface area contributed by atoms with Gasteiger partial charge in [-0.05, 0) is 6.42 Å². The molecule has 0 aromatic rings. The molecule has 0 radical (unpaired) electrons. The van der Waals surface area contributed by atoms with Crippen LogP contribution >= 0.6 is 0 Å². The molecule has 2 N–H and O–H groups in total. The minimum absolute atomic E-state index is 0.0469. The first kappa shape index (κ1) is 17.9. The van der Waals surface area contributed by atoms with E-state index in [1.807, 2.05) is 0 Å². The lowest BCUT2D eigenvalue weighted by Crippen LogP contribution is -2.39. The van der Waals surface area contributed by atoms with Crippen molar-refractivity contribution in [3.05, 3.63) is 0 Å². The number of rotatable bonds is 11. The quantitative estimate of drug-likeness (QED) is 0.574. The molecular weight excluding hydrogens is 256 g/mol. The molecule has 1 aliphatic heterocycles. The summed E-state index contributed by atoms with van der Waals surface area (Å²) in [6.45, 7) is 2.88. The maximum absolute atomic E-state index is 9.65. The van der Waals surface area contributed by atoms with E-state index in [-0.39, 0.29) is 19.0 Å². The molecule has 0 bridgehead atoms. The zero-order chi connectivity index (χ0) is 14.6. The van der Waals surface area contributed by atoms with Crippen LogP contribution in [0.15, 0.2) is 0 Å². The van der Waals surface area contributed by atoms with E-state index in [2.05, 4.69) is 6.92 Å². The van der Waals surface area contributed by atoms with Gasteiger partial charge in [0.05, 0.1) is 18.8 Å². The molecule has 0 aliphatic carbocycles. The minimum Gasteiger partial charge on any atom is -0.394 e. The van der Waals surface area contributed by atoms with E-state index in [4.69, 9.17) is 14.6 Å². The largest absolute Gasteiger partial charge is 0.394 e. The van der Waals surface area contributed by atoms with Crippen LogP contribution in [0.2, 0.25) is 0 Å². The Morgan fingerprint density at radius 1 is 1.00 bits per heavy atom. The molecular formula is C16H32O4. The number of ether oxygens (including phenoxy) is 2. The third-order valence-corrected chi connectivity index (χ3v) is 3.85. The van der Waals surface area contributed by atoms with Crippen LogP contribution in [0.25, 0.3) is 0 Å². The van der Waals surface area contributed by atoms with Crippen LogP contribution in [-0.4, -0.2) is 41.9 Å². The Bertz CT molecular complexity index is 223. The van der Waals surface area contributed by atoms with E-state index in [1.165, 1.54) is 44.9 Å². The molecule has 120 valence electrons. The second-order valence-electron chi connectivity index (χ2n) is 5.84. The monoisotopic (exact) mass is 288 g/mol. The van der Waals surface area contributed by atoms with Gasteiger partial charge >= 0.3 is 0 Å². The van der Waals surface area contributed by atoms with Gasteiger partial charge in [-0.15, -0.1) is 0 Å². The summed E-state index contributed by atoms with van der Waals surface area (Å²) < 4.78 is 11.2. The maximum Gasteiger partial charge on any atom is 0.160 e. The molecule has 4 nitrogen and oxygen atoms in total. The third-order valence-electron chi connectivity index (χ3n) is 3.85. The zero-order valence-electron chi connectivity index (χ0n) is 12.9. The second-order valence-corrected chi connectivity index (χ2v) is 5.84. The van der Waals surface area contributed by atoms with Crippen LogP contribution in [0.5, 0.6) is 0 Å². The van der Waals surface area contributed by atoms with Gasteiger partial charge in [0.15, 0.2) is 6.29 Å². The molecule has 1 aliphatic rings. The summed E-state index contributed by atoms with van der Waals surface area (Å²) in [7, 11) is 0. The van der Waals surface area contributed by atoms with Gasteiger partial charge in [0.1, 0.15) is 0 Å². The van der Waals surface area contributed by atoms with E-state index >= 15 is 0 Å². The van der Waals surface area contributed by atoms with Gasteiger partial charge in [0, 0.05) is 19.4 Å². The van der Waals surface area contributed by atoms with Crippen molar-refractivity contribution in [3.63, 3.8) is 0 Å². The molecule has 1 rings (SSSR count). The van der Waals surface area contributed by atoms with Crippen molar-refractivity contribution >= 4 is 0 Å². The highest BCUT2D eigenvalue weighted by molar-refractivity contribution is 4.72. The van der Waals surface area contributed by atoms with Crippen molar-refractivity contribution < 1.29 is 19.7 Å². The lowest BCUT2D eigenvalue weighted by Gasteiger charge is -2.32. The number of hydrogen-bond donors (Lipinski definition) is 2. The molecule has 1 fully saturated rings. The highest BCUT2D eigenvalue weighted by Crippen LogP contribution is 2.20. The fourth-order valence-electron chi connectivity index (χ4n) is 2.62. The first-order chi connectivity index (χ1) is 9.76. The Balaban J connectivity index is 1.93. The van der Waals surface area contributed by atoms with Crippen molar-refractivity contribution in [2.45, 2.75) is 89.6 Å². The molecule has 0 amide bonds. The predicted molar refractivity (Wildman–Crippen MR) is 79.5 cm³/mol. The lowest BCUT2D eigenvalue weighted by atomic mass is 10.1. The third kappa shape index (κ3) is 8.20. The summed E-state index contributed by atoms with van der Waals surface area (Å²) in [5, 5.41) is 18.7. The van der Waals surface area contributed by atoms with Gasteiger partial charge in [-0.1, -0.05) is 51.9 Å². The van der Waals surface area contributed by atoms with Gasteiger partial charge in [-0.3, -0.25) is 0 Å². The number of hydrogen-bond acceptors (Lipinski definition) is 4. The Morgan fingerprint density at radius 3 is 2.30 bits per heavy atom. The minimum atomic E-state index is -0.413. The smallest absolute Gasteiger partial charge is 0.160 e. The lowest BCUT2D eigenvalue weighted by molar-refractivity contribution is -0.221. The van der Waals surface area contributed by atoms with Gasteiger partial charge in [0.25, 0.3) is 0 Å². The van der Waals surface area contributed by atoms with Crippen LogP contribution in [0.1, 0.15) is 71.1 Å². The van der Waals surface area contributed by atoms with Crippen molar-refractivity contribution in [2.75, 3.05) is 13.2 Å². The summed E-state index contributed by atoms with van der Waals surface area (Å²) in [4.78, 5) is 0. The van der Waals surface area contributed by atoms with Crippen molar-refractivity contribution in [2.24, 2.45) is 0 Å². The Kier molecular flexibility index (Phi) is 10.3. The first-order valence-corrected chi connectivity index (χ1v) is 8.32. The van der Waals surface area contributed by atoms with Gasteiger partial charge in [-0.25, -0.2) is 0 Å². The standard InChI is InChI=1S/C16H32O4/c1-2-3-4-5-6-7-8-9-10-19-16-12-14(18)11-15(13-17)20-16/h14-18H,2-13H2,1H3. The Morgan fingerprint density at radius 2 is 1.65 bits per heavy atom. The zero-order valence-corrected chi connectivity index (χ0v) is 12.9. The van der Waals surface area contributed by atoms with E-state index < -0.39 is 6.10 Å². The topological polar surface area (TPSA) is 58.9 Å². The summed E-state index contributed by atoms with van der Waals surface area (Å²) >= 11 is 0. The van der Waals surface area contributed by atoms with Crippen LogP contribution in [0.4, 0.5) is 0 Å². The van der Waals surface area contributed by atoms with Crippen molar-refractivity contribution in [3.8, 4) is 0 Å². The Hall–Kier alpha value is -0.160. The fraction of sp³-hybridized carbons (Fsp3) is 1.00. The summed E-state index contributed by atoms with van der Waals surface area (Å²) in [6, 6.07) is 0.